The lowest BCUT2D eigenvalue weighted by Gasteiger charge is -2.29. The first-order chi connectivity index (χ1) is 21.9. The molecule has 3 aromatic rings. The van der Waals surface area contributed by atoms with Gasteiger partial charge in [-0.15, -0.1) is 0 Å². The van der Waals surface area contributed by atoms with E-state index in [0.29, 0.717) is 36.6 Å². The van der Waals surface area contributed by atoms with Crippen LogP contribution in [0.3, 0.4) is 0 Å². The Morgan fingerprint density at radius 3 is 2.51 bits per heavy atom. The Bertz CT molecular complexity index is 1460. The van der Waals surface area contributed by atoms with Gasteiger partial charge in [-0.3, -0.25) is 14.4 Å². The van der Waals surface area contributed by atoms with Crippen LogP contribution in [0.1, 0.15) is 78.8 Å². The molecular formula is C36H42FN3O5. The van der Waals surface area contributed by atoms with E-state index in [1.165, 1.54) is 25.7 Å². The maximum Gasteiger partial charge on any atom is 0.308 e. The van der Waals surface area contributed by atoms with Crippen LogP contribution in [-0.2, 0) is 20.9 Å². The van der Waals surface area contributed by atoms with Crippen molar-refractivity contribution in [3.05, 3.63) is 95.3 Å². The summed E-state index contributed by atoms with van der Waals surface area (Å²) >= 11 is 0. The van der Waals surface area contributed by atoms with Crippen molar-refractivity contribution < 1.29 is 28.2 Å². The number of amides is 2. The van der Waals surface area contributed by atoms with E-state index in [4.69, 9.17) is 9.47 Å². The van der Waals surface area contributed by atoms with Crippen molar-refractivity contribution in [2.45, 2.75) is 76.0 Å². The van der Waals surface area contributed by atoms with E-state index < -0.39 is 18.1 Å². The second-order valence-corrected chi connectivity index (χ2v) is 12.1. The van der Waals surface area contributed by atoms with E-state index >= 15 is 0 Å². The van der Waals surface area contributed by atoms with Crippen LogP contribution in [0.2, 0.25) is 0 Å². The number of halogens is 1. The fourth-order valence-corrected chi connectivity index (χ4v) is 6.42. The van der Waals surface area contributed by atoms with Crippen LogP contribution >= 0.6 is 0 Å². The molecule has 1 aliphatic carbocycles. The van der Waals surface area contributed by atoms with Crippen molar-refractivity contribution in [2.75, 3.05) is 19.0 Å². The lowest BCUT2D eigenvalue weighted by Crippen LogP contribution is -2.51. The van der Waals surface area contributed by atoms with Crippen LogP contribution in [0.25, 0.3) is 0 Å². The predicted molar refractivity (Wildman–Crippen MR) is 170 cm³/mol. The molecule has 238 valence electrons. The average molecular weight is 616 g/mol. The molecule has 2 aliphatic rings. The highest BCUT2D eigenvalue weighted by molar-refractivity contribution is 5.98. The van der Waals surface area contributed by atoms with Crippen molar-refractivity contribution in [1.29, 1.82) is 0 Å². The molecule has 8 nitrogen and oxygen atoms in total. The number of esters is 1. The SMILES string of the molecule is COc1cccc(C(=O)N[C@@H](CC2CCCCC2)C(=O)N[C@H](CC(=O)OCc2ccccc2)CC2CNc3ccc(F)cc32)c1. The molecule has 0 aromatic heterocycles. The third-order valence-electron chi connectivity index (χ3n) is 8.81. The molecule has 2 amide bonds. The minimum absolute atomic E-state index is 0.0559. The molecule has 0 spiro atoms. The van der Waals surface area contributed by atoms with E-state index in [-0.39, 0.29) is 36.6 Å². The van der Waals surface area contributed by atoms with Crippen molar-refractivity contribution in [3.63, 3.8) is 0 Å². The molecular weight excluding hydrogens is 573 g/mol. The summed E-state index contributed by atoms with van der Waals surface area (Å²) in [5, 5.41) is 9.36. The molecule has 0 radical (unpaired) electrons. The maximum absolute atomic E-state index is 14.2. The molecule has 3 N–H and O–H groups in total. The molecule has 0 bridgehead atoms. The summed E-state index contributed by atoms with van der Waals surface area (Å²) in [4.78, 5) is 40.4. The molecule has 1 fully saturated rings. The summed E-state index contributed by atoms with van der Waals surface area (Å²) in [5.74, 6) is -0.755. The molecule has 45 heavy (non-hydrogen) atoms. The summed E-state index contributed by atoms with van der Waals surface area (Å²) in [6.07, 6.45) is 6.23. The number of carbonyl (C=O) groups excluding carboxylic acids is 3. The van der Waals surface area contributed by atoms with E-state index in [1.54, 1.807) is 30.3 Å². The van der Waals surface area contributed by atoms with Crippen LogP contribution in [0.15, 0.2) is 72.8 Å². The van der Waals surface area contributed by atoms with Gasteiger partial charge in [0.25, 0.3) is 5.91 Å². The third-order valence-corrected chi connectivity index (χ3v) is 8.81. The number of benzene rings is 3. The summed E-state index contributed by atoms with van der Waals surface area (Å²) in [5.41, 5.74) is 2.92. The van der Waals surface area contributed by atoms with E-state index in [1.807, 2.05) is 30.3 Å². The highest BCUT2D eigenvalue weighted by Crippen LogP contribution is 2.35. The molecule has 1 aliphatic heterocycles. The lowest BCUT2D eigenvalue weighted by atomic mass is 9.84. The molecule has 9 heteroatoms. The second kappa shape index (κ2) is 15.5. The zero-order valence-electron chi connectivity index (χ0n) is 25.7. The van der Waals surface area contributed by atoms with Gasteiger partial charge in [0, 0.05) is 29.8 Å². The summed E-state index contributed by atoms with van der Waals surface area (Å²) in [7, 11) is 1.54. The average Bonchev–Trinajstić information content (AvgIpc) is 3.45. The zero-order chi connectivity index (χ0) is 31.6. The van der Waals surface area contributed by atoms with Gasteiger partial charge in [0.2, 0.25) is 5.91 Å². The highest BCUT2D eigenvalue weighted by Gasteiger charge is 2.32. The second-order valence-electron chi connectivity index (χ2n) is 12.1. The molecule has 1 saturated carbocycles. The first-order valence-electron chi connectivity index (χ1n) is 15.9. The van der Waals surface area contributed by atoms with Gasteiger partial charge < -0.3 is 25.4 Å². The summed E-state index contributed by atoms with van der Waals surface area (Å²) in [6.45, 7) is 0.683. The number of fused-ring (bicyclic) bond motifs is 1. The Morgan fingerprint density at radius 2 is 1.73 bits per heavy atom. The standard InChI is InChI=1S/C36H42FN3O5/c1-44-30-14-8-13-26(19-30)35(42)40-33(17-24-9-4-2-5-10-24)36(43)39-29(21-34(41)45-23-25-11-6-3-7-12-25)18-27-22-38-32-16-15-28(37)20-31(27)32/h3,6-8,11-16,19-20,24,27,29,33,38H,2,4-5,9-10,17-18,21-23H2,1H3,(H,39,43)(H,40,42)/t27?,29-,33-/m0/s1. The Morgan fingerprint density at radius 1 is 0.933 bits per heavy atom. The number of carbonyl (C=O) groups is 3. The Hall–Kier alpha value is -4.40. The Balaban J connectivity index is 1.32. The molecule has 5 rings (SSSR count). The Labute approximate surface area is 264 Å². The van der Waals surface area contributed by atoms with Gasteiger partial charge in [-0.2, -0.15) is 0 Å². The monoisotopic (exact) mass is 615 g/mol. The van der Waals surface area contributed by atoms with Crippen LogP contribution in [0.5, 0.6) is 5.75 Å². The summed E-state index contributed by atoms with van der Waals surface area (Å²) in [6, 6.07) is 19.5. The number of nitrogens with one attached hydrogen (secondary N) is 3. The van der Waals surface area contributed by atoms with Crippen LogP contribution in [0.4, 0.5) is 10.1 Å². The highest BCUT2D eigenvalue weighted by atomic mass is 19.1. The van der Waals surface area contributed by atoms with Gasteiger partial charge >= 0.3 is 5.97 Å². The van der Waals surface area contributed by atoms with Crippen molar-refractivity contribution in [1.82, 2.24) is 10.6 Å². The number of hydrogen-bond acceptors (Lipinski definition) is 6. The third kappa shape index (κ3) is 9.06. The van der Waals surface area contributed by atoms with Crippen LogP contribution in [0, 0.1) is 11.7 Å². The minimum Gasteiger partial charge on any atom is -0.497 e. The van der Waals surface area contributed by atoms with E-state index in [9.17, 15) is 18.8 Å². The van der Waals surface area contributed by atoms with Gasteiger partial charge in [0.15, 0.2) is 0 Å². The van der Waals surface area contributed by atoms with Crippen molar-refractivity contribution >= 4 is 23.5 Å². The van der Waals surface area contributed by atoms with Crippen LogP contribution < -0.4 is 20.7 Å². The maximum atomic E-state index is 14.2. The Kier molecular flexibility index (Phi) is 11.1. The molecule has 3 atom stereocenters. The van der Waals surface area contributed by atoms with Gasteiger partial charge in [0.05, 0.1) is 13.5 Å². The largest absolute Gasteiger partial charge is 0.497 e. The smallest absolute Gasteiger partial charge is 0.308 e. The molecule has 1 unspecified atom stereocenters. The number of anilines is 1. The molecule has 1 heterocycles. The van der Waals surface area contributed by atoms with Gasteiger partial charge in [0.1, 0.15) is 24.2 Å². The summed E-state index contributed by atoms with van der Waals surface area (Å²) < 4.78 is 25.0. The van der Waals surface area contributed by atoms with Gasteiger partial charge in [-0.1, -0.05) is 68.5 Å². The van der Waals surface area contributed by atoms with E-state index in [2.05, 4.69) is 16.0 Å². The number of methoxy groups -OCH3 is 1. The number of hydrogen-bond donors (Lipinski definition) is 3. The molecule has 0 saturated heterocycles. The van der Waals surface area contributed by atoms with Gasteiger partial charge in [-0.25, -0.2) is 4.39 Å². The van der Waals surface area contributed by atoms with Crippen LogP contribution in [-0.4, -0.2) is 43.5 Å². The first-order valence-corrected chi connectivity index (χ1v) is 15.9. The number of ether oxygens (including phenoxy) is 2. The normalized spacial score (nSPS) is 17.3. The first kappa shape index (κ1) is 32.0. The van der Waals surface area contributed by atoms with Gasteiger partial charge in [-0.05, 0) is 66.3 Å². The quantitative estimate of drug-likeness (QED) is 0.200. The lowest BCUT2D eigenvalue weighted by molar-refractivity contribution is -0.145. The minimum atomic E-state index is -0.791. The van der Waals surface area contributed by atoms with Crippen molar-refractivity contribution in [2.24, 2.45) is 5.92 Å². The number of rotatable bonds is 13. The van der Waals surface area contributed by atoms with E-state index in [0.717, 1.165) is 42.5 Å². The predicted octanol–water partition coefficient (Wildman–Crippen LogP) is 6.12. The topological polar surface area (TPSA) is 106 Å². The fourth-order valence-electron chi connectivity index (χ4n) is 6.42. The zero-order valence-corrected chi connectivity index (χ0v) is 25.7. The molecule has 3 aromatic carbocycles. The van der Waals surface area contributed by atoms with Crippen molar-refractivity contribution in [3.8, 4) is 5.75 Å². The fraction of sp³-hybridized carbons (Fsp3) is 0.417.